The van der Waals surface area contributed by atoms with Gasteiger partial charge in [0.15, 0.2) is 0 Å². The van der Waals surface area contributed by atoms with Gasteiger partial charge in [0.1, 0.15) is 4.90 Å². The first-order chi connectivity index (χ1) is 12.1. The van der Waals surface area contributed by atoms with E-state index in [0.717, 1.165) is 5.56 Å². The molecule has 2 heterocycles. The number of sulfonamides is 1. The molecule has 1 aliphatic rings. The number of rotatable bonds is 3. The van der Waals surface area contributed by atoms with Gasteiger partial charge < -0.3 is 5.32 Å². The molecule has 0 saturated carbocycles. The summed E-state index contributed by atoms with van der Waals surface area (Å²) in [5.41, 5.74) is 1.23. The topological polar surface area (TPSA) is 84.3 Å². The maximum atomic E-state index is 13.3. The minimum absolute atomic E-state index is 0.144. The fourth-order valence-electron chi connectivity index (χ4n) is 3.10. The van der Waals surface area contributed by atoms with Gasteiger partial charge in [0.2, 0.25) is 5.91 Å². The SMILES string of the molecule is CC(=O)NC1Cc2ccccc2N(S(=O)(=O)c2cnn(C(C)(C)C)c2)C1. The summed E-state index contributed by atoms with van der Waals surface area (Å²) in [6.07, 6.45) is 3.54. The summed E-state index contributed by atoms with van der Waals surface area (Å²) < 4.78 is 29.6. The van der Waals surface area contributed by atoms with Crippen LogP contribution >= 0.6 is 0 Å². The monoisotopic (exact) mass is 376 g/mol. The number of anilines is 1. The van der Waals surface area contributed by atoms with Crippen molar-refractivity contribution in [1.29, 1.82) is 0 Å². The number of amides is 1. The van der Waals surface area contributed by atoms with Crippen molar-refractivity contribution in [3.63, 3.8) is 0 Å². The van der Waals surface area contributed by atoms with Crippen LogP contribution in [0.15, 0.2) is 41.6 Å². The first-order valence-electron chi connectivity index (χ1n) is 8.52. The van der Waals surface area contributed by atoms with Crippen molar-refractivity contribution in [2.45, 2.75) is 50.6 Å². The van der Waals surface area contributed by atoms with Gasteiger partial charge in [-0.2, -0.15) is 5.10 Å². The Balaban J connectivity index is 2.02. The largest absolute Gasteiger partial charge is 0.351 e. The molecule has 0 saturated heterocycles. The van der Waals surface area contributed by atoms with Crippen LogP contribution in [-0.2, 0) is 26.8 Å². The molecule has 0 aliphatic carbocycles. The van der Waals surface area contributed by atoms with Crippen LogP contribution in [0, 0.1) is 0 Å². The highest BCUT2D eigenvalue weighted by Crippen LogP contribution is 2.32. The van der Waals surface area contributed by atoms with E-state index in [-0.39, 0.29) is 28.9 Å². The molecule has 1 aromatic heterocycles. The van der Waals surface area contributed by atoms with Gasteiger partial charge in [-0.05, 0) is 38.8 Å². The second kappa shape index (κ2) is 6.42. The van der Waals surface area contributed by atoms with Crippen molar-refractivity contribution in [2.24, 2.45) is 0 Å². The average Bonchev–Trinajstić information content (AvgIpc) is 3.04. The van der Waals surface area contributed by atoms with Gasteiger partial charge in [0.25, 0.3) is 10.0 Å². The Morgan fingerprint density at radius 2 is 1.96 bits per heavy atom. The Kier molecular flexibility index (Phi) is 4.56. The third kappa shape index (κ3) is 3.46. The van der Waals surface area contributed by atoms with E-state index >= 15 is 0 Å². The maximum Gasteiger partial charge on any atom is 0.267 e. The summed E-state index contributed by atoms with van der Waals surface area (Å²) in [5, 5.41) is 7.05. The first kappa shape index (κ1) is 18.4. The summed E-state index contributed by atoms with van der Waals surface area (Å²) in [7, 11) is -3.78. The van der Waals surface area contributed by atoms with Gasteiger partial charge in [0, 0.05) is 13.1 Å². The number of aromatic nitrogens is 2. The van der Waals surface area contributed by atoms with Crippen LogP contribution in [-0.4, -0.2) is 36.7 Å². The molecule has 2 aromatic rings. The molecular formula is C18H24N4O3S. The number of benzene rings is 1. The Morgan fingerprint density at radius 3 is 2.58 bits per heavy atom. The number of nitrogens with one attached hydrogen (secondary N) is 1. The molecular weight excluding hydrogens is 352 g/mol. The molecule has 0 bridgehead atoms. The van der Waals surface area contributed by atoms with Crippen molar-refractivity contribution in [1.82, 2.24) is 15.1 Å². The maximum absolute atomic E-state index is 13.3. The lowest BCUT2D eigenvalue weighted by molar-refractivity contribution is -0.119. The fourth-order valence-corrected chi connectivity index (χ4v) is 4.58. The van der Waals surface area contributed by atoms with Gasteiger partial charge in [-0.15, -0.1) is 0 Å². The molecule has 0 radical (unpaired) electrons. The van der Waals surface area contributed by atoms with E-state index in [0.29, 0.717) is 12.1 Å². The zero-order valence-corrected chi connectivity index (χ0v) is 16.2. The second-order valence-electron chi connectivity index (χ2n) is 7.56. The van der Waals surface area contributed by atoms with E-state index < -0.39 is 10.0 Å². The lowest BCUT2D eigenvalue weighted by Gasteiger charge is -2.35. The van der Waals surface area contributed by atoms with Crippen molar-refractivity contribution in [2.75, 3.05) is 10.8 Å². The first-order valence-corrected chi connectivity index (χ1v) is 9.96. The molecule has 1 unspecified atom stereocenters. The van der Waals surface area contributed by atoms with E-state index in [1.807, 2.05) is 39.0 Å². The number of hydrogen-bond donors (Lipinski definition) is 1. The third-order valence-corrected chi connectivity index (χ3v) is 6.09. The van der Waals surface area contributed by atoms with Gasteiger partial charge in [-0.25, -0.2) is 8.42 Å². The molecule has 1 aliphatic heterocycles. The van der Waals surface area contributed by atoms with Crippen LogP contribution in [0.1, 0.15) is 33.3 Å². The standard InChI is InChI=1S/C18H24N4O3S/c1-13(23)20-15-9-14-7-5-6-8-17(14)21(11-15)26(24,25)16-10-19-22(12-16)18(2,3)4/h5-8,10,12,15H,9,11H2,1-4H3,(H,20,23). The van der Waals surface area contributed by atoms with Crippen LogP contribution in [0.4, 0.5) is 5.69 Å². The van der Waals surface area contributed by atoms with Gasteiger partial charge in [-0.1, -0.05) is 18.2 Å². The molecule has 8 heteroatoms. The predicted molar refractivity (Wildman–Crippen MR) is 99.5 cm³/mol. The molecule has 140 valence electrons. The molecule has 1 amide bonds. The quantitative estimate of drug-likeness (QED) is 0.887. The Morgan fingerprint density at radius 1 is 1.27 bits per heavy atom. The van der Waals surface area contributed by atoms with Crippen LogP contribution in [0.2, 0.25) is 0 Å². The second-order valence-corrected chi connectivity index (χ2v) is 9.42. The number of hydrogen-bond acceptors (Lipinski definition) is 4. The van der Waals surface area contributed by atoms with E-state index in [9.17, 15) is 13.2 Å². The van der Waals surface area contributed by atoms with Crippen molar-refractivity contribution < 1.29 is 13.2 Å². The third-order valence-electron chi connectivity index (χ3n) is 4.35. The highest BCUT2D eigenvalue weighted by atomic mass is 32.2. The summed E-state index contributed by atoms with van der Waals surface area (Å²) in [6, 6.07) is 7.11. The van der Waals surface area contributed by atoms with Gasteiger partial charge in [0.05, 0.1) is 30.0 Å². The molecule has 7 nitrogen and oxygen atoms in total. The molecule has 26 heavy (non-hydrogen) atoms. The van der Waals surface area contributed by atoms with Crippen LogP contribution in [0.3, 0.4) is 0 Å². The number of nitrogens with zero attached hydrogens (tertiary/aromatic N) is 3. The van der Waals surface area contributed by atoms with E-state index in [1.54, 1.807) is 16.9 Å². The Labute approximate surface area is 154 Å². The molecule has 1 N–H and O–H groups in total. The number of carbonyl (C=O) groups is 1. The molecule has 1 atom stereocenters. The smallest absolute Gasteiger partial charge is 0.267 e. The predicted octanol–water partition coefficient (Wildman–Crippen LogP) is 1.89. The molecule has 3 rings (SSSR count). The van der Waals surface area contributed by atoms with E-state index in [2.05, 4.69) is 10.4 Å². The number of para-hydroxylation sites is 1. The average molecular weight is 376 g/mol. The lowest BCUT2D eigenvalue weighted by Crippen LogP contribution is -2.49. The summed E-state index contributed by atoms with van der Waals surface area (Å²) in [4.78, 5) is 11.6. The Bertz CT molecular complexity index is 928. The van der Waals surface area contributed by atoms with Crippen molar-refractivity contribution in [3.8, 4) is 0 Å². The normalized spacial score (nSPS) is 17.7. The van der Waals surface area contributed by atoms with Crippen LogP contribution in [0.25, 0.3) is 0 Å². The summed E-state index contributed by atoms with van der Waals surface area (Å²) in [5.74, 6) is -0.174. The zero-order valence-electron chi connectivity index (χ0n) is 15.4. The van der Waals surface area contributed by atoms with Crippen LogP contribution in [0.5, 0.6) is 0 Å². The summed E-state index contributed by atoms with van der Waals surface area (Å²) in [6.45, 7) is 7.50. The number of carbonyl (C=O) groups excluding carboxylic acids is 1. The van der Waals surface area contributed by atoms with E-state index in [1.165, 1.54) is 17.4 Å². The van der Waals surface area contributed by atoms with Crippen molar-refractivity contribution >= 4 is 21.6 Å². The van der Waals surface area contributed by atoms with Crippen molar-refractivity contribution in [3.05, 3.63) is 42.2 Å². The Hall–Kier alpha value is -2.35. The minimum Gasteiger partial charge on any atom is -0.351 e. The molecule has 1 aromatic carbocycles. The summed E-state index contributed by atoms with van der Waals surface area (Å²) >= 11 is 0. The fraction of sp³-hybridized carbons (Fsp3) is 0.444. The van der Waals surface area contributed by atoms with Gasteiger partial charge >= 0.3 is 0 Å². The van der Waals surface area contributed by atoms with Gasteiger partial charge in [-0.3, -0.25) is 13.8 Å². The minimum atomic E-state index is -3.78. The highest BCUT2D eigenvalue weighted by Gasteiger charge is 2.34. The lowest BCUT2D eigenvalue weighted by atomic mass is 10.00. The van der Waals surface area contributed by atoms with E-state index in [4.69, 9.17) is 0 Å². The highest BCUT2D eigenvalue weighted by molar-refractivity contribution is 7.92. The zero-order chi connectivity index (χ0) is 19.1. The molecule has 0 spiro atoms. The van der Waals surface area contributed by atoms with Crippen LogP contribution < -0.4 is 9.62 Å². The molecule has 0 fully saturated rings. The number of fused-ring (bicyclic) bond motifs is 1.